The third-order valence-corrected chi connectivity index (χ3v) is 4.71. The molecule has 1 saturated heterocycles. The molecule has 1 fully saturated rings. The molecule has 0 bridgehead atoms. The number of piperazine rings is 1. The highest BCUT2D eigenvalue weighted by molar-refractivity contribution is 6.30. The monoisotopic (exact) mass is 373 g/mol. The summed E-state index contributed by atoms with van der Waals surface area (Å²) in [7, 11) is 2.11. The average Bonchev–Trinajstić information content (AvgIpc) is 2.62. The first-order chi connectivity index (χ1) is 12.5. The summed E-state index contributed by atoms with van der Waals surface area (Å²) in [5, 5.41) is 3.64. The van der Waals surface area contributed by atoms with E-state index in [1.807, 2.05) is 31.2 Å². The van der Waals surface area contributed by atoms with E-state index in [1.165, 1.54) is 0 Å². The van der Waals surface area contributed by atoms with Crippen molar-refractivity contribution in [3.63, 3.8) is 0 Å². The maximum absolute atomic E-state index is 12.5. The van der Waals surface area contributed by atoms with Gasteiger partial charge in [0.2, 0.25) is 0 Å². The van der Waals surface area contributed by atoms with Crippen molar-refractivity contribution in [3.05, 3.63) is 52.4 Å². The lowest BCUT2D eigenvalue weighted by atomic mass is 10.1. The van der Waals surface area contributed by atoms with E-state index >= 15 is 0 Å². The van der Waals surface area contributed by atoms with Gasteiger partial charge in [-0.2, -0.15) is 0 Å². The Morgan fingerprint density at radius 3 is 2.69 bits per heavy atom. The van der Waals surface area contributed by atoms with Crippen LogP contribution in [0, 0.1) is 6.92 Å². The predicted molar refractivity (Wildman–Crippen MR) is 104 cm³/mol. The largest absolute Gasteiger partial charge is 0.354 e. The number of nitrogens with one attached hydrogen (secondary N) is 1. The lowest BCUT2D eigenvalue weighted by molar-refractivity contribution is 0.0948. The van der Waals surface area contributed by atoms with Crippen LogP contribution in [0.1, 0.15) is 21.9 Å². The summed E-state index contributed by atoms with van der Waals surface area (Å²) in [6.45, 7) is 6.15. The molecule has 1 amide bonds. The normalized spacial score (nSPS) is 15.1. The molecule has 0 spiro atoms. The number of nitrogens with zero attached hydrogens (tertiary/aromatic N) is 4. The number of carbonyl (C=O) groups is 1. The Kier molecular flexibility index (Phi) is 6.06. The van der Waals surface area contributed by atoms with Gasteiger partial charge in [0, 0.05) is 43.8 Å². The molecule has 2 aromatic rings. The van der Waals surface area contributed by atoms with Crippen LogP contribution < -0.4 is 10.2 Å². The Balaban J connectivity index is 1.61. The first kappa shape index (κ1) is 18.6. The second kappa shape index (κ2) is 8.47. The van der Waals surface area contributed by atoms with E-state index in [0.717, 1.165) is 44.0 Å². The van der Waals surface area contributed by atoms with Crippen LogP contribution in [0.5, 0.6) is 0 Å². The molecule has 2 heterocycles. The van der Waals surface area contributed by atoms with Crippen molar-refractivity contribution >= 4 is 23.3 Å². The molecule has 26 heavy (non-hydrogen) atoms. The van der Waals surface area contributed by atoms with Crippen molar-refractivity contribution in [1.29, 1.82) is 0 Å². The second-order valence-corrected chi connectivity index (χ2v) is 7.02. The van der Waals surface area contributed by atoms with Crippen LogP contribution in [0.15, 0.2) is 30.3 Å². The van der Waals surface area contributed by atoms with E-state index in [-0.39, 0.29) is 5.91 Å². The van der Waals surface area contributed by atoms with Crippen molar-refractivity contribution < 1.29 is 4.79 Å². The van der Waals surface area contributed by atoms with Crippen molar-refractivity contribution in [2.45, 2.75) is 13.3 Å². The zero-order valence-corrected chi connectivity index (χ0v) is 16.0. The molecule has 1 aromatic heterocycles. The lowest BCUT2D eigenvalue weighted by Gasteiger charge is -2.33. The topological polar surface area (TPSA) is 61.4 Å². The Labute approximate surface area is 159 Å². The number of hydrogen-bond donors (Lipinski definition) is 1. The number of halogens is 1. The van der Waals surface area contributed by atoms with E-state index in [9.17, 15) is 4.79 Å². The third kappa shape index (κ3) is 4.93. The van der Waals surface area contributed by atoms with Gasteiger partial charge >= 0.3 is 0 Å². The molecule has 0 atom stereocenters. The summed E-state index contributed by atoms with van der Waals surface area (Å²) in [6.07, 6.45) is 0.724. The van der Waals surface area contributed by atoms with E-state index in [0.29, 0.717) is 23.1 Å². The minimum atomic E-state index is -0.173. The van der Waals surface area contributed by atoms with Crippen LogP contribution >= 0.6 is 11.6 Å². The number of hydrogen-bond acceptors (Lipinski definition) is 5. The van der Waals surface area contributed by atoms with Crippen molar-refractivity contribution in [2.75, 3.05) is 44.7 Å². The fourth-order valence-electron chi connectivity index (χ4n) is 2.97. The Hall–Kier alpha value is -2.18. The van der Waals surface area contributed by atoms with Crippen LogP contribution in [0.25, 0.3) is 0 Å². The number of aryl methyl sites for hydroxylation is 1. The first-order valence-electron chi connectivity index (χ1n) is 8.83. The minimum Gasteiger partial charge on any atom is -0.354 e. The molecule has 0 radical (unpaired) electrons. The zero-order chi connectivity index (χ0) is 18.5. The van der Waals surface area contributed by atoms with Gasteiger partial charge in [0.1, 0.15) is 17.3 Å². The van der Waals surface area contributed by atoms with E-state index < -0.39 is 0 Å². The number of aromatic nitrogens is 2. The quantitative estimate of drug-likeness (QED) is 0.870. The van der Waals surface area contributed by atoms with Gasteiger partial charge in [-0.05, 0) is 38.1 Å². The molecule has 6 nitrogen and oxygen atoms in total. The summed E-state index contributed by atoms with van der Waals surface area (Å²) in [4.78, 5) is 25.8. The molecular weight excluding hydrogens is 350 g/mol. The Morgan fingerprint density at radius 1 is 1.19 bits per heavy atom. The maximum atomic E-state index is 12.5. The molecule has 1 aliphatic heterocycles. The highest BCUT2D eigenvalue weighted by Crippen LogP contribution is 2.15. The molecule has 1 aliphatic rings. The van der Waals surface area contributed by atoms with Gasteiger partial charge in [-0.1, -0.05) is 23.7 Å². The smallest absolute Gasteiger partial charge is 0.270 e. The fraction of sp³-hybridized carbons (Fsp3) is 0.421. The summed E-state index contributed by atoms with van der Waals surface area (Å²) >= 11 is 5.99. The highest BCUT2D eigenvalue weighted by atomic mass is 35.5. The Bertz CT molecular complexity index is 774. The zero-order valence-electron chi connectivity index (χ0n) is 15.2. The number of anilines is 1. The van der Waals surface area contributed by atoms with Gasteiger partial charge in [0.05, 0.1) is 0 Å². The van der Waals surface area contributed by atoms with Gasteiger partial charge in [-0.25, -0.2) is 9.97 Å². The van der Waals surface area contributed by atoms with Gasteiger partial charge in [0.25, 0.3) is 5.91 Å². The third-order valence-electron chi connectivity index (χ3n) is 4.47. The van der Waals surface area contributed by atoms with Crippen LogP contribution in [0.2, 0.25) is 5.02 Å². The molecule has 1 aromatic carbocycles. The molecule has 0 aliphatic carbocycles. The van der Waals surface area contributed by atoms with E-state index in [1.54, 1.807) is 6.07 Å². The number of likely N-dealkylation sites (N-methyl/N-ethyl adjacent to an activating group) is 1. The second-order valence-electron chi connectivity index (χ2n) is 6.58. The predicted octanol–water partition coefficient (Wildman–Crippen LogP) is 2.16. The van der Waals surface area contributed by atoms with Gasteiger partial charge in [-0.3, -0.25) is 4.79 Å². The minimum absolute atomic E-state index is 0.173. The summed E-state index contributed by atoms with van der Waals surface area (Å²) in [6, 6.07) is 9.45. The summed E-state index contributed by atoms with van der Waals surface area (Å²) < 4.78 is 0. The van der Waals surface area contributed by atoms with Crippen molar-refractivity contribution in [1.82, 2.24) is 20.2 Å². The molecule has 1 N–H and O–H groups in total. The van der Waals surface area contributed by atoms with Crippen LogP contribution in [-0.2, 0) is 6.42 Å². The van der Waals surface area contributed by atoms with Crippen LogP contribution in [0.4, 0.5) is 5.82 Å². The van der Waals surface area contributed by atoms with Gasteiger partial charge in [0.15, 0.2) is 0 Å². The Morgan fingerprint density at radius 2 is 1.96 bits per heavy atom. The fourth-order valence-corrected chi connectivity index (χ4v) is 3.18. The maximum Gasteiger partial charge on any atom is 0.270 e. The standard InChI is InChI=1S/C19H24ClN5O/c1-14-22-17(13-18(23-14)25-10-8-24(2)9-11-25)19(26)21-7-6-15-4-3-5-16(20)12-15/h3-5,12-13H,6-11H2,1-2H3,(H,21,26). The number of benzene rings is 1. The molecule has 138 valence electrons. The molecule has 0 saturated carbocycles. The van der Waals surface area contributed by atoms with Gasteiger partial charge in [-0.15, -0.1) is 0 Å². The van der Waals surface area contributed by atoms with E-state index in [4.69, 9.17) is 11.6 Å². The molecule has 3 rings (SSSR count). The van der Waals surface area contributed by atoms with Crippen LogP contribution in [0.3, 0.4) is 0 Å². The number of carbonyl (C=O) groups excluding carboxylic acids is 1. The summed E-state index contributed by atoms with van der Waals surface area (Å²) in [5.41, 5.74) is 1.51. The van der Waals surface area contributed by atoms with Crippen LogP contribution in [-0.4, -0.2) is 60.5 Å². The number of rotatable bonds is 5. The summed E-state index contributed by atoms with van der Waals surface area (Å²) in [5.74, 6) is 1.26. The van der Waals surface area contributed by atoms with Gasteiger partial charge < -0.3 is 15.1 Å². The molecule has 0 unspecified atom stereocenters. The van der Waals surface area contributed by atoms with E-state index in [2.05, 4.69) is 32.1 Å². The lowest BCUT2D eigenvalue weighted by Crippen LogP contribution is -2.45. The first-order valence-corrected chi connectivity index (χ1v) is 9.21. The number of amides is 1. The van der Waals surface area contributed by atoms with Crippen molar-refractivity contribution in [2.24, 2.45) is 0 Å². The highest BCUT2D eigenvalue weighted by Gasteiger charge is 2.18. The average molecular weight is 374 g/mol. The van der Waals surface area contributed by atoms with Crippen molar-refractivity contribution in [3.8, 4) is 0 Å². The SMILES string of the molecule is Cc1nc(C(=O)NCCc2cccc(Cl)c2)cc(N2CCN(C)CC2)n1. The molecular formula is C19H24ClN5O. The molecule has 7 heteroatoms.